The van der Waals surface area contributed by atoms with Crippen molar-refractivity contribution in [2.24, 2.45) is 17.1 Å². The second-order valence-electron chi connectivity index (χ2n) is 8.35. The molecule has 6 nitrogen and oxygen atoms in total. The van der Waals surface area contributed by atoms with Gasteiger partial charge in [0.2, 0.25) is 0 Å². The summed E-state index contributed by atoms with van der Waals surface area (Å²) in [5.74, 6) is 1.22. The van der Waals surface area contributed by atoms with Crippen LogP contribution >= 0.6 is 0 Å². The van der Waals surface area contributed by atoms with Crippen LogP contribution in [0.15, 0.2) is 30.0 Å². The molecule has 0 bridgehead atoms. The summed E-state index contributed by atoms with van der Waals surface area (Å²) >= 11 is 0. The highest BCUT2D eigenvalue weighted by Gasteiger charge is 2.43. The van der Waals surface area contributed by atoms with Gasteiger partial charge in [-0.2, -0.15) is 0 Å². The molecule has 5 N–H and O–H groups in total. The zero-order valence-corrected chi connectivity index (χ0v) is 16.1. The minimum absolute atomic E-state index is 0.0381. The van der Waals surface area contributed by atoms with Gasteiger partial charge in [0.05, 0.1) is 11.9 Å². The Morgan fingerprint density at radius 1 is 1.30 bits per heavy atom. The maximum atomic E-state index is 8.56. The van der Waals surface area contributed by atoms with E-state index in [-0.39, 0.29) is 5.92 Å². The normalized spacial score (nSPS) is 27.0. The molecule has 6 heteroatoms. The third-order valence-corrected chi connectivity index (χ3v) is 6.87. The van der Waals surface area contributed by atoms with Crippen molar-refractivity contribution < 1.29 is 0 Å². The summed E-state index contributed by atoms with van der Waals surface area (Å²) in [7, 11) is 0. The van der Waals surface area contributed by atoms with Crippen LogP contribution < -0.4 is 16.4 Å². The van der Waals surface area contributed by atoms with E-state index >= 15 is 0 Å². The fraction of sp³-hybridized carbons (Fsp3) is 0.571. The number of aromatic nitrogens is 2. The predicted molar refractivity (Wildman–Crippen MR) is 110 cm³/mol. The molecule has 2 fully saturated rings. The van der Waals surface area contributed by atoms with Crippen LogP contribution in [-0.4, -0.2) is 34.8 Å². The van der Waals surface area contributed by atoms with Gasteiger partial charge in [-0.25, -0.2) is 9.97 Å². The molecule has 1 spiro atoms. The smallest absolute Gasteiger partial charge is 0.153 e. The lowest BCUT2D eigenvalue weighted by Gasteiger charge is -2.42. The molecule has 2 heterocycles. The van der Waals surface area contributed by atoms with Crippen molar-refractivity contribution in [1.29, 1.82) is 5.41 Å². The number of nitrogens with one attached hydrogen (secondary N) is 1. The van der Waals surface area contributed by atoms with E-state index in [1.165, 1.54) is 18.4 Å². The second kappa shape index (κ2) is 7.08. The van der Waals surface area contributed by atoms with E-state index in [4.69, 9.17) is 16.9 Å². The molecule has 2 unspecified atom stereocenters. The highest BCUT2D eigenvalue weighted by molar-refractivity contribution is 6.03. The summed E-state index contributed by atoms with van der Waals surface area (Å²) in [6.45, 7) is 3.96. The average molecular weight is 367 g/mol. The van der Waals surface area contributed by atoms with Crippen molar-refractivity contribution in [1.82, 2.24) is 9.97 Å². The number of anilines is 2. The van der Waals surface area contributed by atoms with E-state index in [0.29, 0.717) is 28.7 Å². The molecule has 3 aliphatic rings. The van der Waals surface area contributed by atoms with Crippen LogP contribution in [-0.2, 0) is 0 Å². The molecule has 2 aliphatic carbocycles. The Labute approximate surface area is 161 Å². The molecule has 1 saturated carbocycles. The van der Waals surface area contributed by atoms with E-state index in [1.54, 1.807) is 6.20 Å². The summed E-state index contributed by atoms with van der Waals surface area (Å²) < 4.78 is 0. The molecule has 0 radical (unpaired) electrons. The molecule has 4 rings (SSSR count). The maximum Gasteiger partial charge on any atom is 0.153 e. The molecule has 1 saturated heterocycles. The van der Waals surface area contributed by atoms with E-state index in [0.717, 1.165) is 44.6 Å². The molecule has 2 atom stereocenters. The zero-order chi connectivity index (χ0) is 19.0. The topological polar surface area (TPSA) is 105 Å². The van der Waals surface area contributed by atoms with E-state index in [9.17, 15) is 0 Å². The molecule has 27 heavy (non-hydrogen) atoms. The lowest BCUT2D eigenvalue weighted by Crippen LogP contribution is -2.47. The fourth-order valence-electron chi connectivity index (χ4n) is 4.97. The summed E-state index contributed by atoms with van der Waals surface area (Å²) in [6, 6.07) is 0.347. The van der Waals surface area contributed by atoms with Crippen LogP contribution in [0.3, 0.4) is 0 Å². The van der Waals surface area contributed by atoms with Gasteiger partial charge in [-0.05, 0) is 44.4 Å². The van der Waals surface area contributed by atoms with Gasteiger partial charge in [0, 0.05) is 25.0 Å². The quantitative estimate of drug-likeness (QED) is 0.713. The van der Waals surface area contributed by atoms with Gasteiger partial charge < -0.3 is 21.8 Å². The molecular formula is C21H30N6. The number of piperidine rings is 1. The summed E-state index contributed by atoms with van der Waals surface area (Å²) in [4.78, 5) is 11.4. The Morgan fingerprint density at radius 3 is 2.70 bits per heavy atom. The molecule has 0 amide bonds. The number of rotatable bonds is 3. The first-order valence-corrected chi connectivity index (χ1v) is 10.1. The van der Waals surface area contributed by atoms with Gasteiger partial charge in [0.25, 0.3) is 0 Å². The van der Waals surface area contributed by atoms with Crippen LogP contribution in [0.4, 0.5) is 11.6 Å². The van der Waals surface area contributed by atoms with E-state index < -0.39 is 0 Å². The predicted octanol–water partition coefficient (Wildman–Crippen LogP) is 3.05. The maximum absolute atomic E-state index is 8.56. The Kier molecular flexibility index (Phi) is 4.76. The van der Waals surface area contributed by atoms with Crippen molar-refractivity contribution >= 4 is 17.3 Å². The number of nitrogens with zero attached hydrogens (tertiary/aromatic N) is 3. The number of hydrogen-bond acceptors (Lipinski definition) is 6. The minimum Gasteiger partial charge on any atom is -0.382 e. The third-order valence-electron chi connectivity index (χ3n) is 6.87. The molecule has 1 aromatic heterocycles. The van der Waals surface area contributed by atoms with Gasteiger partial charge in [0.1, 0.15) is 11.5 Å². The third kappa shape index (κ3) is 3.27. The van der Waals surface area contributed by atoms with Crippen molar-refractivity contribution in [3.63, 3.8) is 0 Å². The lowest BCUT2D eigenvalue weighted by molar-refractivity contribution is 0.197. The SMILES string of the molecule is CC1=CC=CCC1C(=N)c1ncc(N2CCC3(CCCC3N)CC2)nc1N. The van der Waals surface area contributed by atoms with Crippen LogP contribution in [0.2, 0.25) is 0 Å². The van der Waals surface area contributed by atoms with Gasteiger partial charge in [0.15, 0.2) is 5.82 Å². The Balaban J connectivity index is 1.47. The Morgan fingerprint density at radius 2 is 2.07 bits per heavy atom. The van der Waals surface area contributed by atoms with Gasteiger partial charge >= 0.3 is 0 Å². The number of nitrogen functional groups attached to an aromatic ring is 1. The van der Waals surface area contributed by atoms with E-state index in [1.807, 2.05) is 6.08 Å². The number of hydrogen-bond donors (Lipinski definition) is 3. The van der Waals surface area contributed by atoms with Crippen LogP contribution in [0.25, 0.3) is 0 Å². The summed E-state index contributed by atoms with van der Waals surface area (Å²) in [6.07, 6.45) is 14.7. The first-order valence-electron chi connectivity index (χ1n) is 10.1. The first-order chi connectivity index (χ1) is 13.0. The molecule has 1 aromatic rings. The molecule has 1 aliphatic heterocycles. The molecule has 144 valence electrons. The van der Waals surface area contributed by atoms with Gasteiger partial charge in [-0.15, -0.1) is 0 Å². The summed E-state index contributed by atoms with van der Waals surface area (Å²) in [5.41, 5.74) is 15.1. The number of allylic oxidation sites excluding steroid dienone is 4. The highest BCUT2D eigenvalue weighted by Crippen LogP contribution is 2.45. The molecular weight excluding hydrogens is 336 g/mol. The molecule has 0 aromatic carbocycles. The standard InChI is InChI=1S/C21H30N6/c1-14-5-2-3-6-15(14)18(23)19-20(24)26-17(13-25-19)27-11-9-21(10-12-27)8-4-7-16(21)22/h2-3,5,13,15-16,23H,4,6-12,22H2,1H3,(H2,24,26). The Hall–Kier alpha value is -2.21. The largest absolute Gasteiger partial charge is 0.382 e. The first kappa shape index (κ1) is 18.2. The minimum atomic E-state index is 0.0381. The van der Waals surface area contributed by atoms with E-state index in [2.05, 4.69) is 33.9 Å². The van der Waals surface area contributed by atoms with Crippen molar-refractivity contribution in [3.05, 3.63) is 35.7 Å². The van der Waals surface area contributed by atoms with Gasteiger partial charge in [-0.3, -0.25) is 0 Å². The monoisotopic (exact) mass is 366 g/mol. The van der Waals surface area contributed by atoms with Crippen molar-refractivity contribution in [2.45, 2.75) is 51.5 Å². The highest BCUT2D eigenvalue weighted by atomic mass is 15.2. The number of nitrogens with two attached hydrogens (primary N) is 2. The fourth-order valence-corrected chi connectivity index (χ4v) is 4.97. The van der Waals surface area contributed by atoms with Crippen molar-refractivity contribution in [2.75, 3.05) is 23.7 Å². The van der Waals surface area contributed by atoms with Crippen molar-refractivity contribution in [3.8, 4) is 0 Å². The average Bonchev–Trinajstić information content (AvgIpc) is 3.02. The summed E-state index contributed by atoms with van der Waals surface area (Å²) in [5, 5.41) is 8.56. The Bertz CT molecular complexity index is 788. The zero-order valence-electron chi connectivity index (χ0n) is 16.1. The lowest BCUT2D eigenvalue weighted by atomic mass is 9.74. The van der Waals surface area contributed by atoms with Crippen LogP contribution in [0, 0.1) is 16.7 Å². The van der Waals surface area contributed by atoms with Gasteiger partial charge in [-0.1, -0.05) is 30.2 Å². The van der Waals surface area contributed by atoms with Crippen LogP contribution in [0.5, 0.6) is 0 Å². The van der Waals surface area contributed by atoms with Crippen LogP contribution in [0.1, 0.15) is 51.1 Å². The second-order valence-corrected chi connectivity index (χ2v) is 8.35.